The number of carbonyl (C=O) groups is 3. The standard InChI is InChI=1S/C46H53N3O14/c1-21-12-11-13-22(2)45(55)48-35-38(53)32-31(34-42(35)61-30-15-14-27(20-28(30)47-34)58-19-17-49(8,9)56)33-40(24(4)36(32)51)63-46(7,44(33)54)59-18-16-29(57-10)23(3)41(60-26(6)50)43-37(52)25(5)39(21)62-43/h11-16,18,20-21,23,25,29,37,39,41,43,52-53H,17,19H2,1-10H3,(H,48,55)/b12-11+,18-16+,22-13-/t21-,23+,25-,29-,37+,39-,41+,43+,46-/m0/s1. The van der Waals surface area contributed by atoms with Crippen LogP contribution in [0, 0.1) is 29.9 Å². The van der Waals surface area contributed by atoms with Gasteiger partial charge in [-0.05, 0) is 32.1 Å². The number of aromatic hydroxyl groups is 1. The number of anilines is 1. The second-order valence-electron chi connectivity index (χ2n) is 17.2. The Hall–Kier alpha value is -5.85. The van der Waals surface area contributed by atoms with Crippen LogP contribution in [0.25, 0.3) is 33.0 Å². The third-order valence-corrected chi connectivity index (χ3v) is 12.1. The third-order valence-electron chi connectivity index (χ3n) is 12.1. The maximum absolute atomic E-state index is 14.7. The Bertz CT molecular complexity index is 2660. The van der Waals surface area contributed by atoms with E-state index in [0.717, 1.165) is 0 Å². The SMILES string of the molecule is CO[C@H]1/C=C/O[C@@]2(C)Oc3c(C)c(=O)c4c(O)c(c5oc6ccc(OCC[N+](C)(C)[O-])cc6nc5c4c3C2=O)NC(=O)/C(C)=C\C=C\[C@H](C)[C@@H]2O[C@H]([C@H](O)[C@@H]2C)[C@H](OC(C)=O)[C@@H]1C. The molecule has 0 unspecified atom stereocenters. The van der Waals surface area contributed by atoms with Gasteiger partial charge in [0.15, 0.2) is 22.3 Å². The zero-order chi connectivity index (χ0) is 45.9. The van der Waals surface area contributed by atoms with E-state index in [1.807, 2.05) is 19.9 Å². The van der Waals surface area contributed by atoms with Gasteiger partial charge in [-0.25, -0.2) is 4.98 Å². The van der Waals surface area contributed by atoms with Crippen LogP contribution in [-0.2, 0) is 28.5 Å². The number of hydroxylamine groups is 3. The number of nitrogens with one attached hydrogen (secondary N) is 1. The zero-order valence-corrected chi connectivity index (χ0v) is 36.8. The average Bonchev–Trinajstić information content (AvgIpc) is 3.66. The van der Waals surface area contributed by atoms with Crippen LogP contribution in [0.3, 0.4) is 0 Å². The lowest BCUT2D eigenvalue weighted by Gasteiger charge is -2.33. The van der Waals surface area contributed by atoms with Crippen LogP contribution in [0.1, 0.15) is 57.5 Å². The van der Waals surface area contributed by atoms with Crippen molar-refractivity contribution in [1.82, 2.24) is 4.98 Å². The molecule has 9 atom stereocenters. The minimum Gasteiger partial charge on any atom is -0.633 e. The summed E-state index contributed by atoms with van der Waals surface area (Å²) in [5, 5.41) is 38.0. The first-order chi connectivity index (χ1) is 29.6. The topological polar surface area (TPSA) is 225 Å². The maximum atomic E-state index is 14.7. The first kappa shape index (κ1) is 45.2. The summed E-state index contributed by atoms with van der Waals surface area (Å²) in [5.74, 6) is -5.78. The van der Waals surface area contributed by atoms with E-state index in [0.29, 0.717) is 5.75 Å². The number of phenolic OH excluding ortho intramolecular Hbond substituents is 1. The highest BCUT2D eigenvalue weighted by Crippen LogP contribution is 2.48. The third kappa shape index (κ3) is 8.38. The van der Waals surface area contributed by atoms with Gasteiger partial charge in [-0.15, -0.1) is 0 Å². The number of esters is 1. The van der Waals surface area contributed by atoms with E-state index in [4.69, 9.17) is 37.8 Å². The van der Waals surface area contributed by atoms with Gasteiger partial charge in [0, 0.05) is 61.3 Å². The maximum Gasteiger partial charge on any atom is 0.312 e. The number of allylic oxidation sites excluding steroid dienone is 2. The molecule has 8 rings (SSSR count). The number of ether oxygens (including phenoxy) is 6. The Morgan fingerprint density at radius 2 is 1.79 bits per heavy atom. The molecule has 1 saturated heterocycles. The number of methoxy groups -OCH3 is 1. The molecule has 63 heavy (non-hydrogen) atoms. The fourth-order valence-electron chi connectivity index (χ4n) is 8.44. The van der Waals surface area contributed by atoms with Crippen molar-refractivity contribution in [3.63, 3.8) is 0 Å². The van der Waals surface area contributed by atoms with E-state index >= 15 is 0 Å². The van der Waals surface area contributed by atoms with Crippen molar-refractivity contribution in [2.24, 2.45) is 17.8 Å². The van der Waals surface area contributed by atoms with Crippen LogP contribution in [-0.4, -0.2) is 108 Å². The molecule has 17 nitrogen and oxygen atoms in total. The van der Waals surface area contributed by atoms with E-state index in [-0.39, 0.29) is 80.2 Å². The van der Waals surface area contributed by atoms with E-state index in [2.05, 4.69) is 5.32 Å². The van der Waals surface area contributed by atoms with Gasteiger partial charge in [0.25, 0.3) is 11.7 Å². The molecular formula is C46H53N3O14. The van der Waals surface area contributed by atoms with Crippen molar-refractivity contribution >= 4 is 56.3 Å². The van der Waals surface area contributed by atoms with Gasteiger partial charge in [0.2, 0.25) is 0 Å². The Kier molecular flexibility index (Phi) is 12.2. The summed E-state index contributed by atoms with van der Waals surface area (Å²) in [4.78, 5) is 60.3. The van der Waals surface area contributed by atoms with E-state index in [1.165, 1.54) is 54.3 Å². The zero-order valence-electron chi connectivity index (χ0n) is 36.8. The number of fused-ring (bicyclic) bond motifs is 9. The number of rotatable bonds is 6. The highest BCUT2D eigenvalue weighted by molar-refractivity contribution is 6.26. The number of hydrogen-bond donors (Lipinski definition) is 3. The quantitative estimate of drug-likeness (QED) is 0.0526. The Morgan fingerprint density at radius 1 is 1.06 bits per heavy atom. The first-order valence-corrected chi connectivity index (χ1v) is 20.7. The molecule has 5 heterocycles. The minimum absolute atomic E-state index is 0.0257. The van der Waals surface area contributed by atoms with Gasteiger partial charge < -0.3 is 58.2 Å². The van der Waals surface area contributed by atoms with Crippen molar-refractivity contribution in [2.75, 3.05) is 39.7 Å². The molecule has 1 aromatic heterocycles. The molecule has 4 aliphatic rings. The first-order valence-electron chi connectivity index (χ1n) is 20.7. The second kappa shape index (κ2) is 17.0. The molecule has 7 bridgehead atoms. The van der Waals surface area contributed by atoms with E-state index < -0.39 is 81.6 Å². The number of Topliss-reactive ketones (excluding diaryl/α,β-unsaturated/α-hetero) is 1. The smallest absolute Gasteiger partial charge is 0.312 e. The number of aromatic nitrogens is 1. The van der Waals surface area contributed by atoms with E-state index in [1.54, 1.807) is 44.2 Å². The highest BCUT2D eigenvalue weighted by atomic mass is 16.7. The number of benzene rings is 3. The number of nitrogens with zero attached hydrogens (tertiary/aromatic N) is 2. The van der Waals surface area contributed by atoms with Crippen LogP contribution in [0.4, 0.5) is 5.69 Å². The van der Waals surface area contributed by atoms with Crippen molar-refractivity contribution < 1.29 is 62.1 Å². The lowest BCUT2D eigenvalue weighted by molar-refractivity contribution is -0.840. The predicted octanol–water partition coefficient (Wildman–Crippen LogP) is 5.72. The van der Waals surface area contributed by atoms with Crippen LogP contribution in [0.2, 0.25) is 0 Å². The lowest BCUT2D eigenvalue weighted by Crippen LogP contribution is -2.46. The number of hydrogen-bond acceptors (Lipinski definition) is 15. The van der Waals surface area contributed by atoms with Gasteiger partial charge >= 0.3 is 11.8 Å². The summed E-state index contributed by atoms with van der Waals surface area (Å²) < 4.78 is 42.0. The van der Waals surface area contributed by atoms with Gasteiger partial charge in [0.05, 0.1) is 49.6 Å². The van der Waals surface area contributed by atoms with Crippen LogP contribution in [0.15, 0.2) is 63.6 Å². The van der Waals surface area contributed by atoms with Crippen LogP contribution >= 0.6 is 0 Å². The average molecular weight is 872 g/mol. The number of quaternary nitrogens is 1. The second-order valence-corrected chi connectivity index (χ2v) is 17.2. The number of carbonyl (C=O) groups excluding carboxylic acids is 3. The molecular weight excluding hydrogens is 819 g/mol. The van der Waals surface area contributed by atoms with Crippen molar-refractivity contribution in [3.8, 4) is 17.2 Å². The van der Waals surface area contributed by atoms with Gasteiger partial charge in [-0.1, -0.05) is 39.0 Å². The molecule has 0 spiro atoms. The van der Waals surface area contributed by atoms with Gasteiger partial charge in [-0.3, -0.25) is 19.2 Å². The van der Waals surface area contributed by atoms with Crippen LogP contribution < -0.4 is 20.2 Å². The highest BCUT2D eigenvalue weighted by Gasteiger charge is 2.51. The molecule has 4 aliphatic heterocycles. The summed E-state index contributed by atoms with van der Waals surface area (Å²) in [6.45, 7) is 11.4. The Labute approximate surface area is 363 Å². The summed E-state index contributed by atoms with van der Waals surface area (Å²) in [7, 11) is 4.43. The van der Waals surface area contributed by atoms with Gasteiger partial charge in [-0.2, -0.15) is 0 Å². The Balaban J connectivity index is 1.43. The molecule has 0 radical (unpaired) electrons. The fraction of sp³-hybridized carbons (Fsp3) is 0.457. The van der Waals surface area contributed by atoms with Crippen molar-refractivity contribution in [2.45, 2.75) is 84.8 Å². The normalized spacial score (nSPS) is 29.7. The summed E-state index contributed by atoms with van der Waals surface area (Å²) >= 11 is 0. The summed E-state index contributed by atoms with van der Waals surface area (Å²) in [6.07, 6.45) is 3.48. The molecule has 3 N–H and O–H groups in total. The van der Waals surface area contributed by atoms with Gasteiger partial charge in [0.1, 0.15) is 53.6 Å². The number of aliphatic hydroxyl groups excluding tert-OH is 1. The Morgan fingerprint density at radius 3 is 2.48 bits per heavy atom. The van der Waals surface area contributed by atoms with Crippen LogP contribution in [0.5, 0.6) is 17.2 Å². The lowest BCUT2D eigenvalue weighted by atomic mass is 9.86. The number of likely N-dealkylation sites (N-methyl/N-ethyl adjacent to an activating group) is 1. The molecule has 336 valence electrons. The minimum atomic E-state index is -2.06. The molecule has 4 aromatic rings. The van der Waals surface area contributed by atoms with Crippen molar-refractivity contribution in [1.29, 1.82) is 0 Å². The monoisotopic (exact) mass is 871 g/mol. The number of phenols is 1. The molecule has 1 amide bonds. The fourth-order valence-corrected chi connectivity index (χ4v) is 8.44. The number of amides is 1. The molecule has 1 fully saturated rings. The molecule has 0 aliphatic carbocycles. The molecule has 17 heteroatoms. The largest absolute Gasteiger partial charge is 0.633 e. The predicted molar refractivity (Wildman–Crippen MR) is 231 cm³/mol. The summed E-state index contributed by atoms with van der Waals surface area (Å²) in [5.41, 5.74) is -0.710. The summed E-state index contributed by atoms with van der Waals surface area (Å²) in [6, 6.07) is 4.74. The number of aliphatic hydroxyl groups is 1. The van der Waals surface area contributed by atoms with Crippen molar-refractivity contribution in [3.05, 3.63) is 80.9 Å². The molecule has 0 saturated carbocycles. The van der Waals surface area contributed by atoms with E-state index in [9.17, 15) is 34.6 Å². The number of ketones is 1. The molecule has 3 aromatic carbocycles.